The van der Waals surface area contributed by atoms with E-state index in [0.29, 0.717) is 25.7 Å². The third-order valence-corrected chi connectivity index (χ3v) is 6.01. The van der Waals surface area contributed by atoms with Crippen LogP contribution >= 0.6 is 0 Å². The summed E-state index contributed by atoms with van der Waals surface area (Å²) in [6, 6.07) is 6.07. The lowest BCUT2D eigenvalue weighted by molar-refractivity contribution is -0.117. The van der Waals surface area contributed by atoms with Gasteiger partial charge in [0.2, 0.25) is 0 Å². The molecule has 1 aromatic carbocycles. The van der Waals surface area contributed by atoms with E-state index in [1.807, 2.05) is 0 Å². The number of hydrogen-bond donors (Lipinski definition) is 3. The fraction of sp³-hybridized carbons (Fsp3) is 0.625. The first-order valence-corrected chi connectivity index (χ1v) is 10.8. The number of Topliss-reactive ketones (excluding diaryl/α,β-unsaturated/α-hetero) is 1. The van der Waals surface area contributed by atoms with Gasteiger partial charge < -0.3 is 20.1 Å². The largest absolute Gasteiger partial charge is 0.393 e. The predicted molar refractivity (Wildman–Crippen MR) is 113 cm³/mol. The Kier molecular flexibility index (Phi) is 9.98. The Balaban J connectivity index is 1.75. The monoisotopic (exact) mass is 406 g/mol. The number of carbonyl (C=O) groups is 1. The summed E-state index contributed by atoms with van der Waals surface area (Å²) < 4.78 is 12.9. The number of ketones is 1. The van der Waals surface area contributed by atoms with Gasteiger partial charge in [0.1, 0.15) is 11.6 Å². The molecule has 5 atom stereocenters. The quantitative estimate of drug-likeness (QED) is 0.453. The van der Waals surface area contributed by atoms with Crippen molar-refractivity contribution < 1.29 is 24.5 Å². The van der Waals surface area contributed by atoms with Crippen LogP contribution in [0.5, 0.6) is 0 Å². The van der Waals surface area contributed by atoms with Crippen molar-refractivity contribution in [3.63, 3.8) is 0 Å². The van der Waals surface area contributed by atoms with Crippen molar-refractivity contribution in [1.82, 2.24) is 0 Å². The van der Waals surface area contributed by atoms with Crippen LogP contribution in [0.2, 0.25) is 0 Å². The van der Waals surface area contributed by atoms with Gasteiger partial charge in [0.05, 0.1) is 18.3 Å². The van der Waals surface area contributed by atoms with Crippen LogP contribution in [0.4, 0.5) is 4.39 Å². The summed E-state index contributed by atoms with van der Waals surface area (Å²) in [6.07, 6.45) is 8.82. The molecule has 0 saturated heterocycles. The second-order valence-electron chi connectivity index (χ2n) is 8.41. The van der Waals surface area contributed by atoms with Gasteiger partial charge >= 0.3 is 0 Å². The Morgan fingerprint density at radius 1 is 1.07 bits per heavy atom. The third-order valence-electron chi connectivity index (χ3n) is 6.01. The Bertz CT molecular complexity index is 643. The lowest BCUT2D eigenvalue weighted by Gasteiger charge is -2.24. The molecule has 0 heterocycles. The van der Waals surface area contributed by atoms with Crippen LogP contribution in [0, 0.1) is 17.7 Å². The average Bonchev–Trinajstić information content (AvgIpc) is 2.94. The van der Waals surface area contributed by atoms with E-state index in [4.69, 9.17) is 0 Å². The molecule has 0 aromatic heterocycles. The molecule has 0 radical (unpaired) electrons. The highest BCUT2D eigenvalue weighted by Gasteiger charge is 2.40. The van der Waals surface area contributed by atoms with Crippen molar-refractivity contribution >= 4 is 11.9 Å². The zero-order chi connectivity index (χ0) is 21.2. The number of aliphatic hydroxyl groups excluding tert-OH is 3. The normalized spacial score (nSPS) is 25.6. The molecule has 0 spiro atoms. The summed E-state index contributed by atoms with van der Waals surface area (Å²) in [5.41, 5.74) is 0.824. The molecule has 1 aliphatic carbocycles. The fourth-order valence-electron chi connectivity index (χ4n) is 4.34. The van der Waals surface area contributed by atoms with Crippen molar-refractivity contribution in [3.05, 3.63) is 41.7 Å². The Hall–Kier alpha value is -1.56. The summed E-state index contributed by atoms with van der Waals surface area (Å²) >= 11 is 0. The highest BCUT2D eigenvalue weighted by Crippen LogP contribution is 2.39. The number of halogens is 1. The molecule has 1 fully saturated rings. The van der Waals surface area contributed by atoms with Crippen molar-refractivity contribution in [3.8, 4) is 0 Å². The molecule has 5 heteroatoms. The van der Waals surface area contributed by atoms with Gasteiger partial charge in [-0.25, -0.2) is 4.39 Å². The number of unbranched alkanes of at least 4 members (excludes halogenated alkanes) is 3. The number of rotatable bonds is 12. The van der Waals surface area contributed by atoms with E-state index in [1.165, 1.54) is 12.1 Å². The lowest BCUT2D eigenvalue weighted by atomic mass is 9.85. The molecule has 29 heavy (non-hydrogen) atoms. The molecule has 3 N–H and O–H groups in total. The molecule has 162 valence electrons. The minimum atomic E-state index is -0.641. The van der Waals surface area contributed by atoms with Gasteiger partial charge in [0.25, 0.3) is 0 Å². The van der Waals surface area contributed by atoms with E-state index in [0.717, 1.165) is 37.7 Å². The van der Waals surface area contributed by atoms with Crippen molar-refractivity contribution in [2.45, 2.75) is 83.0 Å². The molecule has 0 aliphatic heterocycles. The summed E-state index contributed by atoms with van der Waals surface area (Å²) in [5, 5.41) is 30.9. The molecule has 0 bridgehead atoms. The van der Waals surface area contributed by atoms with Crippen molar-refractivity contribution in [1.29, 1.82) is 0 Å². The van der Waals surface area contributed by atoms with E-state index in [2.05, 4.69) is 0 Å². The maximum absolute atomic E-state index is 12.9. The molecule has 1 aliphatic rings. The van der Waals surface area contributed by atoms with Gasteiger partial charge in [-0.05, 0) is 68.6 Å². The van der Waals surface area contributed by atoms with E-state index in [1.54, 1.807) is 31.2 Å². The smallest absolute Gasteiger partial charge is 0.129 e. The van der Waals surface area contributed by atoms with Gasteiger partial charge in [-0.3, -0.25) is 0 Å². The van der Waals surface area contributed by atoms with Crippen LogP contribution in [-0.4, -0.2) is 39.4 Å². The minimum absolute atomic E-state index is 0.00362. The van der Waals surface area contributed by atoms with Crippen LogP contribution in [0.1, 0.15) is 70.3 Å². The van der Waals surface area contributed by atoms with Gasteiger partial charge in [-0.1, -0.05) is 43.5 Å². The molecule has 1 unspecified atom stereocenters. The number of hydrogen-bond acceptors (Lipinski definition) is 4. The topological polar surface area (TPSA) is 77.8 Å². The Morgan fingerprint density at radius 3 is 2.34 bits per heavy atom. The maximum atomic E-state index is 12.9. The molecule has 1 saturated carbocycles. The zero-order valence-electron chi connectivity index (χ0n) is 17.3. The molecular weight excluding hydrogens is 371 g/mol. The molecule has 1 aromatic rings. The number of aliphatic hydroxyl groups is 3. The third kappa shape index (κ3) is 8.37. The molecule has 4 nitrogen and oxygen atoms in total. The first-order valence-electron chi connectivity index (χ1n) is 10.8. The van der Waals surface area contributed by atoms with Gasteiger partial charge in [0, 0.05) is 6.42 Å². The van der Waals surface area contributed by atoms with E-state index >= 15 is 0 Å². The number of benzene rings is 1. The highest BCUT2D eigenvalue weighted by molar-refractivity contribution is 5.75. The number of carbonyl (C=O) groups excluding carboxylic acids is 1. The summed E-state index contributed by atoms with van der Waals surface area (Å²) in [6.45, 7) is 1.62. The van der Waals surface area contributed by atoms with Crippen LogP contribution < -0.4 is 0 Å². The summed E-state index contributed by atoms with van der Waals surface area (Å²) in [7, 11) is 0. The van der Waals surface area contributed by atoms with Gasteiger partial charge in [-0.2, -0.15) is 0 Å². The van der Waals surface area contributed by atoms with Crippen LogP contribution in [0.3, 0.4) is 0 Å². The molecule has 2 rings (SSSR count). The van der Waals surface area contributed by atoms with Gasteiger partial charge in [0.15, 0.2) is 0 Å². The van der Waals surface area contributed by atoms with Crippen molar-refractivity contribution in [2.75, 3.05) is 0 Å². The second kappa shape index (κ2) is 12.2. The first-order chi connectivity index (χ1) is 13.9. The lowest BCUT2D eigenvalue weighted by Crippen LogP contribution is -2.23. The van der Waals surface area contributed by atoms with E-state index in [9.17, 15) is 24.5 Å². The Morgan fingerprint density at radius 2 is 1.69 bits per heavy atom. The fourth-order valence-corrected chi connectivity index (χ4v) is 4.34. The maximum Gasteiger partial charge on any atom is 0.129 e. The predicted octanol–water partition coefficient (Wildman–Crippen LogP) is 4.27. The van der Waals surface area contributed by atoms with Crippen LogP contribution in [-0.2, 0) is 4.79 Å². The SMILES string of the molecule is CC(=O)CCCCCC[C@@H]1[C@@H](CCC(O)C=Cc2ccc(F)cc2)[C@H](O)C[C@@H]1O. The molecular formula is C24H35FO4. The van der Waals surface area contributed by atoms with E-state index < -0.39 is 18.3 Å². The summed E-state index contributed by atoms with van der Waals surface area (Å²) in [4.78, 5) is 11.0. The van der Waals surface area contributed by atoms with Crippen LogP contribution in [0.15, 0.2) is 30.3 Å². The first kappa shape index (κ1) is 23.7. The molecule has 0 amide bonds. The Labute approximate surface area is 173 Å². The zero-order valence-corrected chi connectivity index (χ0v) is 17.3. The van der Waals surface area contributed by atoms with Gasteiger partial charge in [-0.15, -0.1) is 0 Å². The summed E-state index contributed by atoms with van der Waals surface area (Å²) in [5.74, 6) is -0.00464. The minimum Gasteiger partial charge on any atom is -0.393 e. The standard InChI is InChI=1S/C24H35FO4/c1-17(26)6-4-2-3-5-7-21-22(24(29)16-23(21)28)15-14-20(27)13-10-18-8-11-19(25)12-9-18/h8-13,20-24,27-29H,2-7,14-16H2,1H3/t20?,21-,22-,23+,24-/m1/s1. The van der Waals surface area contributed by atoms with E-state index in [-0.39, 0.29) is 23.4 Å². The van der Waals surface area contributed by atoms with Crippen molar-refractivity contribution in [2.24, 2.45) is 11.8 Å². The highest BCUT2D eigenvalue weighted by atomic mass is 19.1. The van der Waals surface area contributed by atoms with Crippen LogP contribution in [0.25, 0.3) is 6.08 Å². The average molecular weight is 407 g/mol. The second-order valence-corrected chi connectivity index (χ2v) is 8.41.